The summed E-state index contributed by atoms with van der Waals surface area (Å²) in [4.78, 5) is 27.7. The van der Waals surface area contributed by atoms with Crippen molar-refractivity contribution in [3.63, 3.8) is 0 Å². The molecule has 0 bridgehead atoms. The summed E-state index contributed by atoms with van der Waals surface area (Å²) in [5, 5.41) is 9.59. The molecule has 0 aliphatic carbocycles. The first-order chi connectivity index (χ1) is 12.5. The van der Waals surface area contributed by atoms with E-state index in [1.165, 1.54) is 0 Å². The van der Waals surface area contributed by atoms with Crippen molar-refractivity contribution in [1.82, 2.24) is 9.80 Å². The average molecular weight is 373 g/mol. The maximum absolute atomic E-state index is 12.6. The van der Waals surface area contributed by atoms with E-state index < -0.39 is 5.97 Å². The lowest BCUT2D eigenvalue weighted by molar-refractivity contribution is 0.0695. The molecule has 0 atom stereocenters. The van der Waals surface area contributed by atoms with Crippen LogP contribution in [-0.4, -0.2) is 53.0 Å². The van der Waals surface area contributed by atoms with E-state index in [-0.39, 0.29) is 5.91 Å². The number of rotatable bonds is 4. The number of carbonyl (C=O) groups excluding carboxylic acids is 1. The minimum atomic E-state index is -0.914. The van der Waals surface area contributed by atoms with Gasteiger partial charge in [-0.1, -0.05) is 23.7 Å². The van der Waals surface area contributed by atoms with Gasteiger partial charge in [0.2, 0.25) is 0 Å². The first-order valence-corrected chi connectivity index (χ1v) is 9.00. The fourth-order valence-electron chi connectivity index (χ4n) is 3.12. The monoisotopic (exact) mass is 372 g/mol. The molecule has 3 rings (SSSR count). The second-order valence-electron chi connectivity index (χ2n) is 6.43. The Kier molecular flexibility index (Phi) is 5.91. The number of carbonyl (C=O) groups is 2. The summed E-state index contributed by atoms with van der Waals surface area (Å²) < 4.78 is 0. The normalized spacial score (nSPS) is 15.5. The van der Waals surface area contributed by atoms with E-state index in [1.807, 2.05) is 17.0 Å². The third kappa shape index (κ3) is 4.62. The van der Waals surface area contributed by atoms with Gasteiger partial charge in [-0.3, -0.25) is 9.69 Å². The first kappa shape index (κ1) is 18.4. The highest BCUT2D eigenvalue weighted by atomic mass is 35.5. The van der Waals surface area contributed by atoms with Gasteiger partial charge < -0.3 is 10.0 Å². The highest BCUT2D eigenvalue weighted by Gasteiger charge is 2.20. The minimum Gasteiger partial charge on any atom is -0.478 e. The van der Waals surface area contributed by atoms with Gasteiger partial charge in [0.15, 0.2) is 0 Å². The highest BCUT2D eigenvalue weighted by Crippen LogP contribution is 2.15. The Morgan fingerprint density at radius 2 is 1.54 bits per heavy atom. The highest BCUT2D eigenvalue weighted by molar-refractivity contribution is 6.30. The van der Waals surface area contributed by atoms with Gasteiger partial charge in [-0.05, 0) is 48.4 Å². The molecule has 0 radical (unpaired) electrons. The van der Waals surface area contributed by atoms with Gasteiger partial charge in [0.25, 0.3) is 5.91 Å². The molecule has 2 aromatic rings. The van der Waals surface area contributed by atoms with Crippen molar-refractivity contribution in [1.29, 1.82) is 0 Å². The number of amides is 1. The van der Waals surface area contributed by atoms with Crippen LogP contribution in [0.2, 0.25) is 5.02 Å². The molecule has 0 unspecified atom stereocenters. The Morgan fingerprint density at radius 3 is 2.19 bits per heavy atom. The van der Waals surface area contributed by atoms with Crippen LogP contribution in [-0.2, 0) is 6.54 Å². The molecule has 26 heavy (non-hydrogen) atoms. The molecule has 2 aromatic carbocycles. The summed E-state index contributed by atoms with van der Waals surface area (Å²) in [6.45, 7) is 3.86. The smallest absolute Gasteiger partial charge is 0.335 e. The van der Waals surface area contributed by atoms with Crippen molar-refractivity contribution in [2.45, 2.75) is 13.0 Å². The van der Waals surface area contributed by atoms with Crippen LogP contribution in [0.15, 0.2) is 48.5 Å². The predicted octanol–water partition coefficient (Wildman–Crippen LogP) is 3.39. The summed E-state index contributed by atoms with van der Waals surface area (Å²) in [5.74, 6) is -0.878. The lowest BCUT2D eigenvalue weighted by Gasteiger charge is -2.22. The van der Waals surface area contributed by atoms with Crippen LogP contribution in [0.5, 0.6) is 0 Å². The summed E-state index contributed by atoms with van der Waals surface area (Å²) in [7, 11) is 0. The van der Waals surface area contributed by atoms with Crippen LogP contribution in [0.1, 0.15) is 32.7 Å². The fraction of sp³-hybridized carbons (Fsp3) is 0.300. The van der Waals surface area contributed by atoms with Gasteiger partial charge in [-0.15, -0.1) is 0 Å². The van der Waals surface area contributed by atoms with Gasteiger partial charge >= 0.3 is 5.97 Å². The Morgan fingerprint density at radius 1 is 0.885 bits per heavy atom. The molecule has 5 nitrogen and oxygen atoms in total. The number of halogens is 1. The number of aromatic carboxylic acids is 1. The second-order valence-corrected chi connectivity index (χ2v) is 6.87. The van der Waals surface area contributed by atoms with Crippen molar-refractivity contribution in [3.8, 4) is 0 Å². The zero-order chi connectivity index (χ0) is 18.5. The molecule has 1 aliphatic rings. The van der Waals surface area contributed by atoms with Crippen molar-refractivity contribution in [3.05, 3.63) is 70.2 Å². The van der Waals surface area contributed by atoms with E-state index in [2.05, 4.69) is 4.90 Å². The number of benzene rings is 2. The van der Waals surface area contributed by atoms with Gasteiger partial charge in [0.1, 0.15) is 0 Å². The fourth-order valence-corrected chi connectivity index (χ4v) is 3.24. The maximum Gasteiger partial charge on any atom is 0.335 e. The molecule has 1 fully saturated rings. The zero-order valence-corrected chi connectivity index (χ0v) is 15.2. The molecule has 6 heteroatoms. The number of carboxylic acids is 1. The van der Waals surface area contributed by atoms with E-state index >= 15 is 0 Å². The Labute approximate surface area is 157 Å². The molecule has 0 aromatic heterocycles. The molecular formula is C20H21ClN2O3. The average Bonchev–Trinajstić information content (AvgIpc) is 2.88. The van der Waals surface area contributed by atoms with Gasteiger partial charge in [0.05, 0.1) is 5.56 Å². The van der Waals surface area contributed by atoms with Crippen LogP contribution in [0, 0.1) is 0 Å². The van der Waals surface area contributed by atoms with Crippen LogP contribution >= 0.6 is 11.6 Å². The second kappa shape index (κ2) is 8.34. The third-order valence-corrected chi connectivity index (χ3v) is 4.83. The van der Waals surface area contributed by atoms with Crippen LogP contribution < -0.4 is 0 Å². The molecule has 136 valence electrons. The van der Waals surface area contributed by atoms with E-state index in [0.717, 1.165) is 38.2 Å². The van der Waals surface area contributed by atoms with Crippen molar-refractivity contribution in [2.75, 3.05) is 26.2 Å². The largest absolute Gasteiger partial charge is 0.478 e. The maximum atomic E-state index is 12.6. The molecule has 1 N–H and O–H groups in total. The summed E-state index contributed by atoms with van der Waals surface area (Å²) in [6.07, 6.45) is 0.909. The molecule has 1 saturated heterocycles. The van der Waals surface area contributed by atoms with Gasteiger partial charge in [-0.2, -0.15) is 0 Å². The number of hydrogen-bond acceptors (Lipinski definition) is 3. The number of carboxylic acid groups (broad SMARTS) is 1. The van der Waals surface area contributed by atoms with E-state index in [0.29, 0.717) is 22.7 Å². The SMILES string of the molecule is O=C(O)c1ccc(CN2CCCN(C(=O)c3ccc(Cl)cc3)CC2)cc1. The topological polar surface area (TPSA) is 60.9 Å². The van der Waals surface area contributed by atoms with Crippen LogP contribution in [0.25, 0.3) is 0 Å². The molecule has 1 amide bonds. The van der Waals surface area contributed by atoms with E-state index in [9.17, 15) is 9.59 Å². The van der Waals surface area contributed by atoms with Crippen molar-refractivity contribution in [2.24, 2.45) is 0 Å². The van der Waals surface area contributed by atoms with E-state index in [4.69, 9.17) is 16.7 Å². The molecule has 1 aliphatic heterocycles. The number of hydrogen-bond donors (Lipinski definition) is 1. The molecule has 1 heterocycles. The molecule has 0 saturated carbocycles. The quantitative estimate of drug-likeness (QED) is 0.893. The standard InChI is InChI=1S/C20H21ClN2O3/c21-18-8-6-16(7-9-18)19(24)23-11-1-10-22(12-13-23)14-15-2-4-17(5-3-15)20(25)26/h2-9H,1,10-14H2,(H,25,26). The lowest BCUT2D eigenvalue weighted by Crippen LogP contribution is -2.35. The third-order valence-electron chi connectivity index (χ3n) is 4.57. The zero-order valence-electron chi connectivity index (χ0n) is 14.4. The van der Waals surface area contributed by atoms with Crippen molar-refractivity contribution < 1.29 is 14.7 Å². The Hall–Kier alpha value is -2.37. The van der Waals surface area contributed by atoms with Gasteiger partial charge in [-0.25, -0.2) is 4.79 Å². The summed E-state index contributed by atoms with van der Waals surface area (Å²) in [5.41, 5.74) is 2.03. The van der Waals surface area contributed by atoms with Crippen molar-refractivity contribution >= 4 is 23.5 Å². The predicted molar refractivity (Wildman–Crippen MR) is 101 cm³/mol. The molecular weight excluding hydrogens is 352 g/mol. The minimum absolute atomic E-state index is 0.0364. The first-order valence-electron chi connectivity index (χ1n) is 8.62. The lowest BCUT2D eigenvalue weighted by atomic mass is 10.1. The van der Waals surface area contributed by atoms with Crippen LogP contribution in [0.3, 0.4) is 0 Å². The summed E-state index contributed by atoms with van der Waals surface area (Å²) >= 11 is 5.89. The Bertz CT molecular complexity index is 775. The van der Waals surface area contributed by atoms with Crippen LogP contribution in [0.4, 0.5) is 0 Å². The Balaban J connectivity index is 1.58. The van der Waals surface area contributed by atoms with Gasteiger partial charge in [0, 0.05) is 43.3 Å². The van der Waals surface area contributed by atoms with E-state index in [1.54, 1.807) is 36.4 Å². The molecule has 0 spiro atoms. The number of nitrogens with zero attached hydrogens (tertiary/aromatic N) is 2. The summed E-state index contributed by atoms with van der Waals surface area (Å²) in [6, 6.07) is 14.0.